The van der Waals surface area contributed by atoms with Crippen molar-refractivity contribution in [1.82, 2.24) is 4.90 Å². The van der Waals surface area contributed by atoms with Crippen LogP contribution in [0.25, 0.3) is 6.08 Å². The van der Waals surface area contributed by atoms with E-state index in [2.05, 4.69) is 0 Å². The quantitative estimate of drug-likeness (QED) is 0.811. The highest BCUT2D eigenvalue weighted by molar-refractivity contribution is 8.18. The number of benzene rings is 1. The molecule has 0 unspecified atom stereocenters. The summed E-state index contributed by atoms with van der Waals surface area (Å²) in [5.41, 5.74) is 0.740. The average molecular weight is 321 g/mol. The van der Waals surface area contributed by atoms with Crippen molar-refractivity contribution < 1.29 is 24.2 Å². The Kier molecular flexibility index (Phi) is 5.21. The summed E-state index contributed by atoms with van der Waals surface area (Å²) in [5, 5.41) is 8.13. The lowest BCUT2D eigenvalue weighted by Crippen LogP contribution is -2.33. The van der Waals surface area contributed by atoms with Gasteiger partial charge in [-0.2, -0.15) is 0 Å². The molecule has 1 saturated heterocycles. The Balaban J connectivity index is 2.11. The lowest BCUT2D eigenvalue weighted by Gasteiger charge is -2.07. The standard InChI is InChI=1S/C15H15NO5S/c1-2-7-21-11-5-3-10(4-6-11)8-12-14(19)16(9-13(17)18)15(20)22-12/h3-6,8H,2,7,9H2,1H3,(H,17,18)/b12-8-. The van der Waals surface area contributed by atoms with Gasteiger partial charge < -0.3 is 9.84 Å². The fourth-order valence-corrected chi connectivity index (χ4v) is 2.64. The average Bonchev–Trinajstić information content (AvgIpc) is 2.74. The maximum Gasteiger partial charge on any atom is 0.323 e. The van der Waals surface area contributed by atoms with E-state index >= 15 is 0 Å². The molecule has 2 amide bonds. The van der Waals surface area contributed by atoms with Crippen LogP contribution in [0.3, 0.4) is 0 Å². The summed E-state index contributed by atoms with van der Waals surface area (Å²) in [6.07, 6.45) is 2.48. The first-order chi connectivity index (χ1) is 10.5. The molecular formula is C15H15NO5S. The van der Waals surface area contributed by atoms with Gasteiger partial charge in [0, 0.05) is 0 Å². The lowest BCUT2D eigenvalue weighted by molar-refractivity contribution is -0.140. The molecule has 22 heavy (non-hydrogen) atoms. The van der Waals surface area contributed by atoms with Crippen molar-refractivity contribution in [1.29, 1.82) is 0 Å². The Morgan fingerprint density at radius 3 is 2.59 bits per heavy atom. The zero-order valence-corrected chi connectivity index (χ0v) is 12.8. The van der Waals surface area contributed by atoms with Gasteiger partial charge in [0.2, 0.25) is 0 Å². The Hall–Kier alpha value is -2.28. The van der Waals surface area contributed by atoms with E-state index in [-0.39, 0.29) is 4.91 Å². The fourth-order valence-electron chi connectivity index (χ4n) is 1.80. The van der Waals surface area contributed by atoms with Crippen LogP contribution in [-0.2, 0) is 9.59 Å². The second kappa shape index (κ2) is 7.13. The molecule has 1 fully saturated rings. The van der Waals surface area contributed by atoms with Crippen LogP contribution in [0.4, 0.5) is 4.79 Å². The van der Waals surface area contributed by atoms with Crippen molar-refractivity contribution in [3.05, 3.63) is 34.7 Å². The molecule has 0 radical (unpaired) electrons. The van der Waals surface area contributed by atoms with Gasteiger partial charge in [0.05, 0.1) is 11.5 Å². The number of amides is 2. The van der Waals surface area contributed by atoms with Gasteiger partial charge in [0.25, 0.3) is 11.1 Å². The number of nitrogens with zero attached hydrogens (tertiary/aromatic N) is 1. The number of imide groups is 1. The normalized spacial score (nSPS) is 16.4. The second-order valence-corrected chi connectivity index (χ2v) is 5.57. The van der Waals surface area contributed by atoms with Crippen LogP contribution >= 0.6 is 11.8 Å². The summed E-state index contributed by atoms with van der Waals surface area (Å²) < 4.78 is 5.46. The number of ether oxygens (including phenoxy) is 1. The Morgan fingerprint density at radius 2 is 2.00 bits per heavy atom. The van der Waals surface area contributed by atoms with Crippen molar-refractivity contribution in [2.45, 2.75) is 13.3 Å². The molecule has 7 heteroatoms. The van der Waals surface area contributed by atoms with Crippen LogP contribution in [0, 0.1) is 0 Å². The molecule has 1 aromatic rings. The van der Waals surface area contributed by atoms with Crippen molar-refractivity contribution in [2.75, 3.05) is 13.2 Å². The molecule has 0 saturated carbocycles. The van der Waals surface area contributed by atoms with Gasteiger partial charge in [-0.1, -0.05) is 19.1 Å². The maximum absolute atomic E-state index is 12.0. The topological polar surface area (TPSA) is 83.9 Å². The van der Waals surface area contributed by atoms with Crippen LogP contribution in [0.5, 0.6) is 5.75 Å². The number of carboxylic acids is 1. The predicted molar refractivity (Wildman–Crippen MR) is 82.5 cm³/mol. The first kappa shape index (κ1) is 16.1. The molecule has 0 aromatic heterocycles. The van der Waals surface area contributed by atoms with Crippen LogP contribution in [-0.4, -0.2) is 40.3 Å². The molecule has 1 heterocycles. The van der Waals surface area contributed by atoms with E-state index in [1.807, 2.05) is 6.92 Å². The summed E-state index contributed by atoms with van der Waals surface area (Å²) >= 11 is 0.741. The van der Waals surface area contributed by atoms with E-state index in [0.717, 1.165) is 34.4 Å². The number of rotatable bonds is 6. The molecule has 116 valence electrons. The fraction of sp³-hybridized carbons (Fsp3) is 0.267. The van der Waals surface area contributed by atoms with E-state index in [0.29, 0.717) is 6.61 Å². The lowest BCUT2D eigenvalue weighted by atomic mass is 10.2. The third-order valence-electron chi connectivity index (χ3n) is 2.82. The molecular weight excluding hydrogens is 306 g/mol. The van der Waals surface area contributed by atoms with E-state index in [9.17, 15) is 14.4 Å². The number of carbonyl (C=O) groups is 3. The maximum atomic E-state index is 12.0. The molecule has 1 aromatic carbocycles. The summed E-state index contributed by atoms with van der Waals surface area (Å²) in [5.74, 6) is -1.07. The van der Waals surface area contributed by atoms with Gasteiger partial charge in [-0.25, -0.2) is 0 Å². The molecule has 6 nitrogen and oxygen atoms in total. The summed E-state index contributed by atoms with van der Waals surface area (Å²) in [4.78, 5) is 35.2. The van der Waals surface area contributed by atoms with Crippen molar-refractivity contribution in [3.63, 3.8) is 0 Å². The van der Waals surface area contributed by atoms with E-state index in [1.54, 1.807) is 30.3 Å². The molecule has 0 bridgehead atoms. The minimum absolute atomic E-state index is 0.216. The van der Waals surface area contributed by atoms with Crippen LogP contribution in [0.15, 0.2) is 29.2 Å². The Labute approximate surface area is 131 Å². The number of carboxylic acid groups (broad SMARTS) is 1. The van der Waals surface area contributed by atoms with Gasteiger partial charge in [-0.3, -0.25) is 19.3 Å². The van der Waals surface area contributed by atoms with Crippen molar-refractivity contribution >= 4 is 35.0 Å². The van der Waals surface area contributed by atoms with Crippen LogP contribution in [0.1, 0.15) is 18.9 Å². The number of thioether (sulfide) groups is 1. The van der Waals surface area contributed by atoms with Crippen LogP contribution in [0.2, 0.25) is 0 Å². The van der Waals surface area contributed by atoms with Crippen molar-refractivity contribution in [2.24, 2.45) is 0 Å². The predicted octanol–water partition coefficient (Wildman–Crippen LogP) is 2.60. The zero-order valence-electron chi connectivity index (χ0n) is 11.9. The van der Waals surface area contributed by atoms with E-state index < -0.39 is 23.7 Å². The smallest absolute Gasteiger partial charge is 0.323 e. The molecule has 1 aliphatic heterocycles. The highest BCUT2D eigenvalue weighted by Crippen LogP contribution is 2.32. The van der Waals surface area contributed by atoms with Gasteiger partial charge in [-0.15, -0.1) is 0 Å². The molecule has 0 aliphatic carbocycles. The molecule has 1 aliphatic rings. The van der Waals surface area contributed by atoms with Crippen LogP contribution < -0.4 is 4.74 Å². The van der Waals surface area contributed by atoms with Gasteiger partial charge >= 0.3 is 5.97 Å². The SMILES string of the molecule is CCCOc1ccc(/C=C2\SC(=O)N(CC(=O)O)C2=O)cc1. The monoisotopic (exact) mass is 321 g/mol. The molecule has 1 N–H and O–H groups in total. The third-order valence-corrected chi connectivity index (χ3v) is 3.73. The van der Waals surface area contributed by atoms with Gasteiger partial charge in [0.1, 0.15) is 12.3 Å². The summed E-state index contributed by atoms with van der Waals surface area (Å²) in [6.45, 7) is 2.03. The number of aliphatic carboxylic acids is 1. The number of hydrogen-bond acceptors (Lipinski definition) is 5. The Morgan fingerprint density at radius 1 is 1.32 bits per heavy atom. The first-order valence-electron chi connectivity index (χ1n) is 6.71. The minimum Gasteiger partial charge on any atom is -0.494 e. The van der Waals surface area contributed by atoms with Gasteiger partial charge in [0.15, 0.2) is 0 Å². The first-order valence-corrected chi connectivity index (χ1v) is 7.53. The largest absolute Gasteiger partial charge is 0.494 e. The van der Waals surface area contributed by atoms with Gasteiger partial charge in [-0.05, 0) is 42.0 Å². The number of hydrogen-bond donors (Lipinski definition) is 1. The molecule has 0 spiro atoms. The second-order valence-electron chi connectivity index (χ2n) is 4.58. The Bertz CT molecular complexity index is 623. The third kappa shape index (κ3) is 3.88. The zero-order chi connectivity index (χ0) is 16.1. The summed E-state index contributed by atoms with van der Waals surface area (Å²) in [6, 6.07) is 7.11. The molecule has 0 atom stereocenters. The van der Waals surface area contributed by atoms with E-state index in [1.165, 1.54) is 0 Å². The number of carbonyl (C=O) groups excluding carboxylic acids is 2. The highest BCUT2D eigenvalue weighted by atomic mass is 32.2. The summed E-state index contributed by atoms with van der Waals surface area (Å²) in [7, 11) is 0. The highest BCUT2D eigenvalue weighted by Gasteiger charge is 2.36. The van der Waals surface area contributed by atoms with E-state index in [4.69, 9.17) is 9.84 Å². The molecule has 2 rings (SSSR count). The van der Waals surface area contributed by atoms with Crippen molar-refractivity contribution in [3.8, 4) is 5.75 Å². The minimum atomic E-state index is -1.22.